The molecule has 3 heterocycles. The number of aromatic nitrogens is 3. The highest BCUT2D eigenvalue weighted by Crippen LogP contribution is 2.23. The van der Waals surface area contributed by atoms with Gasteiger partial charge < -0.3 is 9.80 Å². The maximum atomic E-state index is 13.1. The van der Waals surface area contributed by atoms with Crippen LogP contribution in [0.3, 0.4) is 0 Å². The van der Waals surface area contributed by atoms with Crippen LogP contribution in [0.5, 0.6) is 0 Å². The first-order valence-corrected chi connectivity index (χ1v) is 12.6. The van der Waals surface area contributed by atoms with E-state index in [1.54, 1.807) is 0 Å². The molecule has 6 heteroatoms. The van der Waals surface area contributed by atoms with Gasteiger partial charge in [0.05, 0.1) is 11.0 Å². The summed E-state index contributed by atoms with van der Waals surface area (Å²) in [5.41, 5.74) is 4.26. The summed E-state index contributed by atoms with van der Waals surface area (Å²) in [7, 11) is 1.97. The van der Waals surface area contributed by atoms with E-state index in [4.69, 9.17) is 4.98 Å². The molecular weight excluding hydrogens is 434 g/mol. The quantitative estimate of drug-likeness (QED) is 0.382. The molecule has 1 fully saturated rings. The molecule has 1 amide bonds. The summed E-state index contributed by atoms with van der Waals surface area (Å²) >= 11 is 0. The molecule has 1 aliphatic heterocycles. The van der Waals surface area contributed by atoms with Gasteiger partial charge in [-0.1, -0.05) is 36.4 Å². The Morgan fingerprint density at radius 2 is 1.69 bits per heavy atom. The molecule has 0 saturated carbocycles. The molecule has 0 atom stereocenters. The second-order valence-electron chi connectivity index (χ2n) is 9.34. The largest absolute Gasteiger partial charge is 0.343 e. The van der Waals surface area contributed by atoms with Crippen molar-refractivity contribution in [3.63, 3.8) is 0 Å². The second-order valence-corrected chi connectivity index (χ2v) is 9.34. The Bertz CT molecular complexity index is 1250. The topological polar surface area (TPSA) is 54.3 Å². The van der Waals surface area contributed by atoms with Crippen molar-refractivity contribution in [2.45, 2.75) is 38.1 Å². The van der Waals surface area contributed by atoms with E-state index in [2.05, 4.69) is 38.7 Å². The summed E-state index contributed by atoms with van der Waals surface area (Å²) in [6.07, 6.45) is 5.96. The molecule has 6 nitrogen and oxygen atoms in total. The summed E-state index contributed by atoms with van der Waals surface area (Å²) in [5, 5.41) is 0. The Hall–Kier alpha value is -3.51. The number of hydrogen-bond acceptors (Lipinski definition) is 4. The van der Waals surface area contributed by atoms with Crippen LogP contribution >= 0.6 is 0 Å². The molecule has 0 spiro atoms. The number of nitrogens with zero attached hydrogens (tertiary/aromatic N) is 5. The maximum absolute atomic E-state index is 13.1. The van der Waals surface area contributed by atoms with Gasteiger partial charge in [-0.15, -0.1) is 0 Å². The first-order valence-electron chi connectivity index (χ1n) is 12.6. The van der Waals surface area contributed by atoms with E-state index < -0.39 is 0 Å². The van der Waals surface area contributed by atoms with E-state index in [0.29, 0.717) is 18.9 Å². The van der Waals surface area contributed by atoms with Gasteiger partial charge in [0.25, 0.3) is 0 Å². The SMILES string of the molecule is CN(C(=O)CCc1nc2ccccc2n1-c1ccccc1)C1CCN(CCc2ccccn2)CC1. The van der Waals surface area contributed by atoms with Crippen LogP contribution in [0.15, 0.2) is 79.0 Å². The number of carbonyl (C=O) groups excluding carboxylic acids is 1. The van der Waals surface area contributed by atoms with Crippen molar-refractivity contribution in [3.05, 3.63) is 90.5 Å². The monoisotopic (exact) mass is 467 g/mol. The molecule has 0 N–H and O–H groups in total. The first-order chi connectivity index (χ1) is 17.2. The van der Waals surface area contributed by atoms with Crippen molar-refractivity contribution in [2.24, 2.45) is 0 Å². The van der Waals surface area contributed by atoms with Crippen molar-refractivity contribution in [1.82, 2.24) is 24.3 Å². The van der Waals surface area contributed by atoms with Gasteiger partial charge in [-0.25, -0.2) is 4.98 Å². The van der Waals surface area contributed by atoms with Crippen LogP contribution in [-0.4, -0.2) is 63.0 Å². The molecule has 5 rings (SSSR count). The molecule has 0 aliphatic carbocycles. The van der Waals surface area contributed by atoms with Crippen LogP contribution in [-0.2, 0) is 17.6 Å². The normalized spacial score (nSPS) is 14.9. The van der Waals surface area contributed by atoms with Crippen molar-refractivity contribution in [3.8, 4) is 5.69 Å². The van der Waals surface area contributed by atoms with Crippen molar-refractivity contribution in [1.29, 1.82) is 0 Å². The number of fused-ring (bicyclic) bond motifs is 1. The maximum Gasteiger partial charge on any atom is 0.223 e. The Morgan fingerprint density at radius 1 is 0.943 bits per heavy atom. The zero-order chi connectivity index (χ0) is 24.0. The lowest BCUT2D eigenvalue weighted by Gasteiger charge is -2.36. The number of hydrogen-bond donors (Lipinski definition) is 0. The molecular formula is C29H33N5O. The summed E-state index contributed by atoms with van der Waals surface area (Å²) in [5.74, 6) is 1.13. The standard InChI is InChI=1S/C29H33N5O/c1-32(24-17-21-33(22-18-24)20-16-23-9-7-8-19-30-23)29(35)15-14-28-31-26-12-5-6-13-27(26)34(28)25-10-3-2-4-11-25/h2-13,19,24H,14-18,20-22H2,1H3. The van der Waals surface area contributed by atoms with Crippen LogP contribution < -0.4 is 0 Å². The Kier molecular flexibility index (Phi) is 7.19. The van der Waals surface area contributed by atoms with E-state index in [1.165, 1.54) is 0 Å². The lowest BCUT2D eigenvalue weighted by molar-refractivity contribution is -0.132. The van der Waals surface area contributed by atoms with E-state index in [-0.39, 0.29) is 5.91 Å². The van der Waals surface area contributed by atoms with Gasteiger partial charge in [-0.2, -0.15) is 0 Å². The minimum atomic E-state index is 0.198. The number of aryl methyl sites for hydroxylation is 1. The summed E-state index contributed by atoms with van der Waals surface area (Å²) in [6.45, 7) is 3.08. The molecule has 2 aromatic heterocycles. The van der Waals surface area contributed by atoms with Gasteiger partial charge in [-0.3, -0.25) is 14.3 Å². The third-order valence-corrected chi connectivity index (χ3v) is 7.12. The summed E-state index contributed by atoms with van der Waals surface area (Å²) < 4.78 is 2.18. The van der Waals surface area contributed by atoms with Crippen LogP contribution in [0, 0.1) is 0 Å². The highest BCUT2D eigenvalue weighted by atomic mass is 16.2. The fraction of sp³-hybridized carbons (Fsp3) is 0.345. The number of carbonyl (C=O) groups is 1. The second kappa shape index (κ2) is 10.8. The van der Waals surface area contributed by atoms with Crippen molar-refractivity contribution in [2.75, 3.05) is 26.7 Å². The van der Waals surface area contributed by atoms with Gasteiger partial charge >= 0.3 is 0 Å². The van der Waals surface area contributed by atoms with Gasteiger partial charge in [0, 0.05) is 69.6 Å². The average molecular weight is 468 g/mol. The third-order valence-electron chi connectivity index (χ3n) is 7.12. The average Bonchev–Trinajstić information content (AvgIpc) is 3.30. The van der Waals surface area contributed by atoms with Gasteiger partial charge in [0.1, 0.15) is 5.82 Å². The van der Waals surface area contributed by atoms with Crippen LogP contribution in [0.4, 0.5) is 0 Å². The van der Waals surface area contributed by atoms with Crippen LogP contribution in [0.1, 0.15) is 30.8 Å². The number of rotatable bonds is 8. The van der Waals surface area contributed by atoms with Crippen LogP contribution in [0.25, 0.3) is 16.7 Å². The smallest absolute Gasteiger partial charge is 0.223 e. The summed E-state index contributed by atoms with van der Waals surface area (Å²) in [6, 6.07) is 24.8. The highest BCUT2D eigenvalue weighted by Gasteiger charge is 2.25. The zero-order valence-electron chi connectivity index (χ0n) is 20.4. The van der Waals surface area contributed by atoms with Gasteiger partial charge in [0.2, 0.25) is 5.91 Å². The fourth-order valence-electron chi connectivity index (χ4n) is 5.06. The number of pyridine rings is 1. The number of benzene rings is 2. The van der Waals surface area contributed by atoms with E-state index in [1.807, 2.05) is 66.7 Å². The fourth-order valence-corrected chi connectivity index (χ4v) is 5.06. The van der Waals surface area contributed by atoms with Crippen molar-refractivity contribution >= 4 is 16.9 Å². The Morgan fingerprint density at radius 3 is 2.46 bits per heavy atom. The molecule has 0 radical (unpaired) electrons. The van der Waals surface area contributed by atoms with E-state index in [9.17, 15) is 4.79 Å². The molecule has 1 aliphatic rings. The number of para-hydroxylation sites is 3. The van der Waals surface area contributed by atoms with Crippen LogP contribution in [0.2, 0.25) is 0 Å². The Labute approximate surface area is 207 Å². The van der Waals surface area contributed by atoms with E-state index >= 15 is 0 Å². The summed E-state index contributed by atoms with van der Waals surface area (Å²) in [4.78, 5) is 26.9. The van der Waals surface area contributed by atoms with E-state index in [0.717, 1.165) is 67.1 Å². The molecule has 4 aromatic rings. The minimum Gasteiger partial charge on any atom is -0.343 e. The lowest BCUT2D eigenvalue weighted by atomic mass is 10.0. The molecule has 2 aromatic carbocycles. The molecule has 0 bridgehead atoms. The van der Waals surface area contributed by atoms with Gasteiger partial charge in [-0.05, 0) is 49.2 Å². The number of amides is 1. The Balaban J connectivity index is 1.17. The minimum absolute atomic E-state index is 0.198. The zero-order valence-corrected chi connectivity index (χ0v) is 20.4. The molecule has 35 heavy (non-hydrogen) atoms. The number of piperidine rings is 1. The predicted octanol–water partition coefficient (Wildman–Crippen LogP) is 4.52. The predicted molar refractivity (Wildman–Crippen MR) is 140 cm³/mol. The third kappa shape index (κ3) is 5.43. The first kappa shape index (κ1) is 23.2. The highest BCUT2D eigenvalue weighted by molar-refractivity contribution is 5.79. The van der Waals surface area contributed by atoms with Gasteiger partial charge in [0.15, 0.2) is 0 Å². The number of likely N-dealkylation sites (tertiary alicyclic amines) is 1. The number of imidazole rings is 1. The molecule has 1 saturated heterocycles. The lowest BCUT2D eigenvalue weighted by Crippen LogP contribution is -2.46. The molecule has 180 valence electrons. The molecule has 0 unspecified atom stereocenters. The van der Waals surface area contributed by atoms with Crippen molar-refractivity contribution < 1.29 is 4.79 Å².